The number of aliphatic hydroxyl groups is 1. The van der Waals surface area contributed by atoms with Gasteiger partial charge in [-0.3, -0.25) is 0 Å². The molecule has 0 saturated carbocycles. The molecule has 1 heterocycles. The monoisotopic (exact) mass is 153 g/mol. The molecule has 11 heavy (non-hydrogen) atoms. The maximum absolute atomic E-state index is 9.81. The van der Waals surface area contributed by atoms with Crippen LogP contribution in [0.5, 0.6) is 0 Å². The van der Waals surface area contributed by atoms with Crippen LogP contribution in [-0.2, 0) is 0 Å². The summed E-state index contributed by atoms with van der Waals surface area (Å²) in [6, 6.07) is 0. The zero-order valence-corrected chi connectivity index (χ0v) is 7.01. The smallest absolute Gasteiger partial charge is 0.0894 e. The van der Waals surface area contributed by atoms with Crippen molar-refractivity contribution in [1.82, 2.24) is 4.90 Å². The van der Waals surface area contributed by atoms with Crippen LogP contribution in [-0.4, -0.2) is 35.2 Å². The minimum absolute atomic E-state index is 0.490. The Labute approximate surface area is 68.2 Å². The Bertz CT molecular complexity index is 173. The Morgan fingerprint density at radius 3 is 2.91 bits per heavy atom. The minimum Gasteiger partial charge on any atom is -0.388 e. The van der Waals surface area contributed by atoms with E-state index in [0.29, 0.717) is 6.42 Å². The number of β-amino-alcohol motifs (C(OH)–C–C–N with tert-alkyl or cyclic N) is 1. The van der Waals surface area contributed by atoms with Crippen molar-refractivity contribution in [2.75, 3.05) is 19.6 Å². The highest BCUT2D eigenvalue weighted by Crippen LogP contribution is 2.23. The molecule has 0 spiro atoms. The van der Waals surface area contributed by atoms with Gasteiger partial charge in [-0.05, 0) is 13.0 Å². The highest BCUT2D eigenvalue weighted by Gasteiger charge is 2.34. The number of likely N-dealkylation sites (N-methyl/N-ethyl adjacent to an activating group) is 1. The van der Waals surface area contributed by atoms with Crippen molar-refractivity contribution in [3.05, 3.63) is 0 Å². The summed E-state index contributed by atoms with van der Waals surface area (Å²) in [4.78, 5) is 2.22. The summed E-state index contributed by atoms with van der Waals surface area (Å²) >= 11 is 0. The SMILES string of the molecule is C#CCC1(O)CCN(CC)C1. The van der Waals surface area contributed by atoms with E-state index < -0.39 is 5.60 Å². The molecule has 1 atom stereocenters. The van der Waals surface area contributed by atoms with Crippen molar-refractivity contribution in [3.63, 3.8) is 0 Å². The van der Waals surface area contributed by atoms with Crippen molar-refractivity contribution in [2.45, 2.75) is 25.4 Å². The largest absolute Gasteiger partial charge is 0.388 e. The van der Waals surface area contributed by atoms with Crippen LogP contribution in [0.15, 0.2) is 0 Å². The van der Waals surface area contributed by atoms with Gasteiger partial charge in [0.1, 0.15) is 0 Å². The predicted molar refractivity (Wildman–Crippen MR) is 45.1 cm³/mol. The summed E-state index contributed by atoms with van der Waals surface area (Å²) in [5, 5.41) is 9.81. The van der Waals surface area contributed by atoms with Gasteiger partial charge < -0.3 is 10.0 Å². The molecule has 0 amide bonds. The summed E-state index contributed by atoms with van der Waals surface area (Å²) in [6.45, 7) is 4.83. The van der Waals surface area contributed by atoms with E-state index in [0.717, 1.165) is 26.1 Å². The fraction of sp³-hybridized carbons (Fsp3) is 0.778. The summed E-state index contributed by atoms with van der Waals surface area (Å²) in [6.07, 6.45) is 6.47. The minimum atomic E-state index is -0.592. The lowest BCUT2D eigenvalue weighted by Gasteiger charge is -2.19. The molecule has 2 heteroatoms. The molecule has 1 rings (SSSR count). The van der Waals surface area contributed by atoms with Crippen molar-refractivity contribution in [3.8, 4) is 12.3 Å². The molecule has 1 saturated heterocycles. The van der Waals surface area contributed by atoms with Crippen molar-refractivity contribution in [2.24, 2.45) is 0 Å². The second-order valence-electron chi connectivity index (χ2n) is 3.22. The van der Waals surface area contributed by atoms with E-state index in [2.05, 4.69) is 17.7 Å². The summed E-state index contributed by atoms with van der Waals surface area (Å²) in [5.74, 6) is 2.52. The molecule has 1 aliphatic rings. The van der Waals surface area contributed by atoms with Crippen LogP contribution in [0.2, 0.25) is 0 Å². The average Bonchev–Trinajstić information content (AvgIpc) is 2.33. The van der Waals surface area contributed by atoms with Gasteiger partial charge in [-0.25, -0.2) is 0 Å². The average molecular weight is 153 g/mol. The van der Waals surface area contributed by atoms with Crippen molar-refractivity contribution in [1.29, 1.82) is 0 Å². The summed E-state index contributed by atoms with van der Waals surface area (Å²) < 4.78 is 0. The highest BCUT2D eigenvalue weighted by molar-refractivity contribution is 5.00. The Morgan fingerprint density at radius 2 is 2.45 bits per heavy atom. The van der Waals surface area contributed by atoms with Gasteiger partial charge in [0, 0.05) is 19.5 Å². The lowest BCUT2D eigenvalue weighted by Crippen LogP contribution is -2.32. The van der Waals surface area contributed by atoms with Gasteiger partial charge in [-0.1, -0.05) is 6.92 Å². The van der Waals surface area contributed by atoms with Crippen molar-refractivity contribution < 1.29 is 5.11 Å². The lowest BCUT2D eigenvalue weighted by molar-refractivity contribution is 0.0551. The van der Waals surface area contributed by atoms with E-state index in [4.69, 9.17) is 6.42 Å². The molecule has 1 unspecified atom stereocenters. The van der Waals surface area contributed by atoms with Gasteiger partial charge in [0.2, 0.25) is 0 Å². The molecule has 2 nitrogen and oxygen atoms in total. The Hall–Kier alpha value is -0.520. The first-order chi connectivity index (χ1) is 5.20. The lowest BCUT2D eigenvalue weighted by atomic mass is 10.00. The Balaban J connectivity index is 2.45. The Kier molecular flexibility index (Phi) is 2.53. The van der Waals surface area contributed by atoms with Gasteiger partial charge in [-0.15, -0.1) is 12.3 Å². The molecular weight excluding hydrogens is 138 g/mol. The van der Waals surface area contributed by atoms with Crippen LogP contribution in [0.3, 0.4) is 0 Å². The standard InChI is InChI=1S/C9H15NO/c1-3-5-9(11)6-7-10(4-2)8-9/h1,11H,4-8H2,2H3. The summed E-state index contributed by atoms with van der Waals surface area (Å²) in [7, 11) is 0. The molecule has 0 aliphatic carbocycles. The third-order valence-electron chi connectivity index (χ3n) is 2.29. The maximum atomic E-state index is 9.81. The zero-order valence-electron chi connectivity index (χ0n) is 7.01. The van der Waals surface area contributed by atoms with Gasteiger partial charge in [0.05, 0.1) is 5.60 Å². The van der Waals surface area contributed by atoms with Crippen LogP contribution in [0.25, 0.3) is 0 Å². The van der Waals surface area contributed by atoms with Crippen LogP contribution in [0.1, 0.15) is 19.8 Å². The van der Waals surface area contributed by atoms with E-state index in [9.17, 15) is 5.11 Å². The quantitative estimate of drug-likeness (QED) is 0.583. The molecule has 1 aliphatic heterocycles. The zero-order chi connectivity index (χ0) is 8.32. The Morgan fingerprint density at radius 1 is 1.73 bits per heavy atom. The number of hydrogen-bond acceptors (Lipinski definition) is 2. The van der Waals surface area contributed by atoms with Crippen LogP contribution in [0.4, 0.5) is 0 Å². The molecule has 0 radical (unpaired) electrons. The first-order valence-electron chi connectivity index (χ1n) is 4.08. The van der Waals surface area contributed by atoms with E-state index in [-0.39, 0.29) is 0 Å². The molecule has 0 bridgehead atoms. The maximum Gasteiger partial charge on any atom is 0.0894 e. The van der Waals surface area contributed by atoms with Gasteiger partial charge >= 0.3 is 0 Å². The van der Waals surface area contributed by atoms with E-state index >= 15 is 0 Å². The second kappa shape index (κ2) is 3.25. The molecule has 1 N–H and O–H groups in total. The van der Waals surface area contributed by atoms with Crippen molar-refractivity contribution >= 4 is 0 Å². The fourth-order valence-corrected chi connectivity index (χ4v) is 1.54. The molecule has 1 fully saturated rings. The number of likely N-dealkylation sites (tertiary alicyclic amines) is 1. The number of terminal acetylenes is 1. The van der Waals surface area contributed by atoms with E-state index in [1.165, 1.54) is 0 Å². The molecular formula is C9H15NO. The third kappa shape index (κ3) is 1.95. The van der Waals surface area contributed by atoms with Gasteiger partial charge in [-0.2, -0.15) is 0 Å². The number of hydrogen-bond donors (Lipinski definition) is 1. The number of rotatable bonds is 2. The molecule has 62 valence electrons. The highest BCUT2D eigenvalue weighted by atomic mass is 16.3. The van der Waals surface area contributed by atoms with Gasteiger partial charge in [0.25, 0.3) is 0 Å². The normalized spacial score (nSPS) is 32.1. The van der Waals surface area contributed by atoms with Crippen LogP contribution >= 0.6 is 0 Å². The predicted octanol–water partition coefficient (Wildman–Crippen LogP) is 0.466. The van der Waals surface area contributed by atoms with Gasteiger partial charge in [0.15, 0.2) is 0 Å². The second-order valence-corrected chi connectivity index (χ2v) is 3.22. The van der Waals surface area contributed by atoms with E-state index in [1.807, 2.05) is 0 Å². The van der Waals surface area contributed by atoms with Crippen LogP contribution in [0, 0.1) is 12.3 Å². The molecule has 0 aromatic heterocycles. The third-order valence-corrected chi connectivity index (χ3v) is 2.29. The van der Waals surface area contributed by atoms with Crippen LogP contribution < -0.4 is 0 Å². The first-order valence-corrected chi connectivity index (χ1v) is 4.08. The topological polar surface area (TPSA) is 23.5 Å². The molecule has 0 aromatic carbocycles. The van der Waals surface area contributed by atoms with E-state index in [1.54, 1.807) is 0 Å². The first kappa shape index (κ1) is 8.58. The number of nitrogens with zero attached hydrogens (tertiary/aromatic N) is 1. The molecule has 0 aromatic rings. The fourth-order valence-electron chi connectivity index (χ4n) is 1.54. The summed E-state index contributed by atoms with van der Waals surface area (Å²) in [5.41, 5.74) is -0.592.